The van der Waals surface area contributed by atoms with Crippen LogP contribution in [0.2, 0.25) is 0 Å². The average molecular weight is 267 g/mol. The Balaban J connectivity index is 2.08. The molecule has 6 nitrogen and oxygen atoms in total. The van der Waals surface area contributed by atoms with Gasteiger partial charge in [-0.3, -0.25) is 9.89 Å². The van der Waals surface area contributed by atoms with E-state index in [9.17, 15) is 9.18 Å². The van der Waals surface area contributed by atoms with E-state index in [2.05, 4.69) is 15.5 Å². The van der Waals surface area contributed by atoms with Crippen LogP contribution < -0.4 is 5.32 Å². The lowest BCUT2D eigenvalue weighted by molar-refractivity contribution is 0.0833. The van der Waals surface area contributed by atoms with Gasteiger partial charge in [0.25, 0.3) is 5.91 Å². The molecule has 1 atom stereocenters. The zero-order valence-electron chi connectivity index (χ0n) is 10.1. The van der Waals surface area contributed by atoms with Crippen molar-refractivity contribution >= 4 is 16.8 Å². The van der Waals surface area contributed by atoms with E-state index >= 15 is 0 Å². The summed E-state index contributed by atoms with van der Waals surface area (Å²) in [6, 6.07) is 4.36. The van der Waals surface area contributed by atoms with Crippen molar-refractivity contribution in [1.29, 1.82) is 0 Å². The zero-order chi connectivity index (χ0) is 13.8. The van der Waals surface area contributed by atoms with Gasteiger partial charge < -0.3 is 15.5 Å². The summed E-state index contributed by atoms with van der Waals surface area (Å²) < 4.78 is 13.4. The molecule has 102 valence electrons. The Bertz CT molecular complexity index is 585. The monoisotopic (exact) mass is 267 g/mol. The van der Waals surface area contributed by atoms with E-state index in [4.69, 9.17) is 10.2 Å². The second-order valence-corrected chi connectivity index (χ2v) is 4.12. The van der Waals surface area contributed by atoms with Crippen LogP contribution in [0.15, 0.2) is 18.2 Å². The van der Waals surface area contributed by atoms with Gasteiger partial charge in [0.1, 0.15) is 11.2 Å². The first-order valence-electron chi connectivity index (χ1n) is 5.83. The maximum Gasteiger partial charge on any atom is 0.269 e. The fourth-order valence-electron chi connectivity index (χ4n) is 1.71. The largest absolute Gasteiger partial charge is 0.394 e. The molecule has 4 N–H and O–H groups in total. The van der Waals surface area contributed by atoms with Crippen molar-refractivity contribution in [1.82, 2.24) is 15.5 Å². The SMILES string of the molecule is O=C(NCC[C@@H](O)CO)c1[nH]nc2c(F)cccc12. The highest BCUT2D eigenvalue weighted by Crippen LogP contribution is 2.18. The Morgan fingerprint density at radius 2 is 2.32 bits per heavy atom. The number of benzene rings is 1. The Kier molecular flexibility index (Phi) is 4.08. The van der Waals surface area contributed by atoms with Gasteiger partial charge in [0.05, 0.1) is 12.7 Å². The molecule has 0 aliphatic rings. The minimum Gasteiger partial charge on any atom is -0.394 e. The molecule has 0 aliphatic carbocycles. The van der Waals surface area contributed by atoms with Crippen molar-refractivity contribution < 1.29 is 19.4 Å². The summed E-state index contributed by atoms with van der Waals surface area (Å²) in [5.74, 6) is -0.929. The van der Waals surface area contributed by atoms with Crippen LogP contribution in [0.4, 0.5) is 4.39 Å². The van der Waals surface area contributed by atoms with Gasteiger partial charge in [-0.05, 0) is 12.5 Å². The fraction of sp³-hybridized carbons (Fsp3) is 0.333. The minimum absolute atomic E-state index is 0.114. The number of rotatable bonds is 5. The van der Waals surface area contributed by atoms with E-state index in [0.29, 0.717) is 5.39 Å². The molecule has 1 heterocycles. The van der Waals surface area contributed by atoms with Gasteiger partial charge >= 0.3 is 0 Å². The minimum atomic E-state index is -0.865. The van der Waals surface area contributed by atoms with E-state index in [-0.39, 0.29) is 30.8 Å². The number of H-pyrrole nitrogens is 1. The van der Waals surface area contributed by atoms with E-state index in [1.807, 2.05) is 0 Å². The van der Waals surface area contributed by atoms with Gasteiger partial charge in [0.2, 0.25) is 0 Å². The van der Waals surface area contributed by atoms with Crippen LogP contribution >= 0.6 is 0 Å². The van der Waals surface area contributed by atoms with Gasteiger partial charge in [-0.1, -0.05) is 12.1 Å². The molecular formula is C12H14FN3O3. The molecule has 7 heteroatoms. The second kappa shape index (κ2) is 5.77. The van der Waals surface area contributed by atoms with Crippen LogP contribution in [0.1, 0.15) is 16.9 Å². The van der Waals surface area contributed by atoms with Gasteiger partial charge in [0.15, 0.2) is 5.82 Å². The molecule has 2 rings (SSSR count). The molecule has 2 aromatic rings. The Hall–Kier alpha value is -1.99. The fourth-order valence-corrected chi connectivity index (χ4v) is 1.71. The predicted molar refractivity (Wildman–Crippen MR) is 66.1 cm³/mol. The average Bonchev–Trinajstić information content (AvgIpc) is 2.83. The maximum absolute atomic E-state index is 13.4. The number of nitrogens with one attached hydrogen (secondary N) is 2. The molecule has 0 aliphatic heterocycles. The highest BCUT2D eigenvalue weighted by atomic mass is 19.1. The molecule has 0 fully saturated rings. The van der Waals surface area contributed by atoms with E-state index in [1.54, 1.807) is 6.07 Å². The number of amides is 1. The number of carbonyl (C=O) groups excluding carboxylic acids is 1. The van der Waals surface area contributed by atoms with Crippen LogP contribution in [0.25, 0.3) is 10.9 Å². The highest BCUT2D eigenvalue weighted by molar-refractivity contribution is 6.04. The molecule has 1 amide bonds. The Labute approximate surface area is 108 Å². The third-order valence-electron chi connectivity index (χ3n) is 2.74. The standard InChI is InChI=1S/C12H14FN3O3/c13-9-3-1-2-8-10(9)15-16-11(8)12(19)14-5-4-7(18)6-17/h1-3,7,17-18H,4-6H2,(H,14,19)(H,15,16)/t7-/m1/s1. The molecule has 1 aromatic carbocycles. The van der Waals surface area contributed by atoms with Crippen LogP contribution in [0.3, 0.4) is 0 Å². The van der Waals surface area contributed by atoms with Gasteiger partial charge in [-0.2, -0.15) is 5.10 Å². The number of aliphatic hydroxyl groups is 2. The first-order valence-corrected chi connectivity index (χ1v) is 5.83. The normalized spacial score (nSPS) is 12.6. The number of carbonyl (C=O) groups is 1. The highest BCUT2D eigenvalue weighted by Gasteiger charge is 2.15. The van der Waals surface area contributed by atoms with Crippen molar-refractivity contribution in [3.63, 3.8) is 0 Å². The smallest absolute Gasteiger partial charge is 0.269 e. The lowest BCUT2D eigenvalue weighted by Gasteiger charge is -2.07. The summed E-state index contributed by atoms with van der Waals surface area (Å²) in [5.41, 5.74) is 0.288. The second-order valence-electron chi connectivity index (χ2n) is 4.12. The summed E-state index contributed by atoms with van der Waals surface area (Å²) in [5, 5.41) is 27.0. The maximum atomic E-state index is 13.4. The molecule has 0 radical (unpaired) electrons. The number of hydrogen-bond donors (Lipinski definition) is 4. The van der Waals surface area contributed by atoms with E-state index in [0.717, 1.165) is 0 Å². The molecular weight excluding hydrogens is 253 g/mol. The molecule has 0 bridgehead atoms. The Morgan fingerprint density at radius 1 is 1.53 bits per heavy atom. The molecule has 0 saturated heterocycles. The summed E-state index contributed by atoms with van der Waals surface area (Å²) >= 11 is 0. The van der Waals surface area contributed by atoms with Crippen molar-refractivity contribution in [2.24, 2.45) is 0 Å². The van der Waals surface area contributed by atoms with Crippen molar-refractivity contribution in [2.45, 2.75) is 12.5 Å². The van der Waals surface area contributed by atoms with Crippen LogP contribution in [-0.2, 0) is 0 Å². The lowest BCUT2D eigenvalue weighted by atomic mass is 10.2. The zero-order valence-corrected chi connectivity index (χ0v) is 10.1. The first-order chi connectivity index (χ1) is 9.13. The van der Waals surface area contributed by atoms with Crippen LogP contribution in [0, 0.1) is 5.82 Å². The number of fused-ring (bicyclic) bond motifs is 1. The summed E-state index contributed by atoms with van der Waals surface area (Å²) in [6.07, 6.45) is -0.626. The van der Waals surface area contributed by atoms with Crippen LogP contribution in [0.5, 0.6) is 0 Å². The summed E-state index contributed by atoms with van der Waals surface area (Å²) in [7, 11) is 0. The van der Waals surface area contributed by atoms with Crippen LogP contribution in [-0.4, -0.2) is 45.6 Å². The number of nitrogens with zero attached hydrogens (tertiary/aromatic N) is 1. The van der Waals surface area contributed by atoms with E-state index < -0.39 is 17.8 Å². The number of aromatic nitrogens is 2. The van der Waals surface area contributed by atoms with Gasteiger partial charge in [0, 0.05) is 11.9 Å². The molecule has 0 unspecified atom stereocenters. The predicted octanol–water partition coefficient (Wildman–Crippen LogP) is 0.175. The first kappa shape index (κ1) is 13.4. The van der Waals surface area contributed by atoms with Gasteiger partial charge in [-0.15, -0.1) is 0 Å². The third kappa shape index (κ3) is 2.88. The number of aromatic amines is 1. The topological polar surface area (TPSA) is 98.2 Å². The number of aliphatic hydroxyl groups excluding tert-OH is 2. The number of halogens is 1. The summed E-state index contributed by atoms with van der Waals surface area (Å²) in [6.45, 7) is -0.148. The van der Waals surface area contributed by atoms with Crippen molar-refractivity contribution in [3.05, 3.63) is 29.7 Å². The molecule has 19 heavy (non-hydrogen) atoms. The van der Waals surface area contributed by atoms with Crippen molar-refractivity contribution in [3.8, 4) is 0 Å². The quantitative estimate of drug-likeness (QED) is 0.621. The lowest BCUT2D eigenvalue weighted by Crippen LogP contribution is -2.28. The van der Waals surface area contributed by atoms with Crippen molar-refractivity contribution in [2.75, 3.05) is 13.2 Å². The van der Waals surface area contributed by atoms with Gasteiger partial charge in [-0.25, -0.2) is 4.39 Å². The number of hydrogen-bond acceptors (Lipinski definition) is 4. The Morgan fingerprint density at radius 3 is 3.05 bits per heavy atom. The van der Waals surface area contributed by atoms with E-state index in [1.165, 1.54) is 12.1 Å². The molecule has 0 spiro atoms. The third-order valence-corrected chi connectivity index (χ3v) is 2.74. The number of para-hydroxylation sites is 1. The molecule has 0 saturated carbocycles. The molecule has 1 aromatic heterocycles. The summed E-state index contributed by atoms with van der Waals surface area (Å²) in [4.78, 5) is 11.9.